The van der Waals surface area contributed by atoms with Gasteiger partial charge in [0.1, 0.15) is 5.82 Å². The number of sulfonamides is 1. The predicted octanol–water partition coefficient (Wildman–Crippen LogP) is 2.80. The molecule has 1 saturated heterocycles. The summed E-state index contributed by atoms with van der Waals surface area (Å²) in [6.45, 7) is 8.38. The van der Waals surface area contributed by atoms with Crippen molar-refractivity contribution in [1.82, 2.24) is 14.1 Å². The zero-order valence-electron chi connectivity index (χ0n) is 16.9. The van der Waals surface area contributed by atoms with E-state index in [9.17, 15) is 13.2 Å². The number of carbonyl (C=O) groups excluding carboxylic acids is 1. The van der Waals surface area contributed by atoms with Crippen LogP contribution in [0, 0.1) is 26.7 Å². The van der Waals surface area contributed by atoms with Gasteiger partial charge in [-0.1, -0.05) is 6.07 Å². The van der Waals surface area contributed by atoms with Crippen molar-refractivity contribution in [2.75, 3.05) is 24.2 Å². The number of aryl methyl sites for hydroxylation is 3. The molecule has 1 amide bonds. The summed E-state index contributed by atoms with van der Waals surface area (Å²) in [5.41, 5.74) is 3.98. The van der Waals surface area contributed by atoms with Gasteiger partial charge in [-0.25, -0.2) is 17.4 Å². The number of anilines is 1. The molecule has 152 valence electrons. The van der Waals surface area contributed by atoms with Gasteiger partial charge < -0.3 is 5.32 Å². The van der Waals surface area contributed by atoms with Gasteiger partial charge in [-0.05, 0) is 63.8 Å². The number of benzene rings is 1. The molecule has 28 heavy (non-hydrogen) atoms. The van der Waals surface area contributed by atoms with E-state index in [1.54, 1.807) is 11.6 Å². The summed E-state index contributed by atoms with van der Waals surface area (Å²) < 4.78 is 27.2. The minimum atomic E-state index is -3.19. The molecule has 8 heteroatoms. The molecule has 0 atom stereocenters. The fourth-order valence-electron chi connectivity index (χ4n) is 3.67. The zero-order chi connectivity index (χ0) is 20.5. The van der Waals surface area contributed by atoms with E-state index in [0.717, 1.165) is 22.5 Å². The molecule has 0 bridgehead atoms. The largest absolute Gasteiger partial charge is 0.310 e. The van der Waals surface area contributed by atoms with Crippen LogP contribution in [-0.2, 0) is 14.8 Å². The Balaban J connectivity index is 1.74. The quantitative estimate of drug-likeness (QED) is 0.830. The highest BCUT2D eigenvalue weighted by Gasteiger charge is 2.30. The predicted molar refractivity (Wildman–Crippen MR) is 110 cm³/mol. The molecular formula is C20H28N4O3S. The number of carbonyl (C=O) groups is 1. The van der Waals surface area contributed by atoms with Gasteiger partial charge in [0.2, 0.25) is 15.9 Å². The van der Waals surface area contributed by atoms with Gasteiger partial charge in [0, 0.05) is 25.1 Å². The Morgan fingerprint density at radius 1 is 1.11 bits per heavy atom. The molecule has 3 rings (SSSR count). The lowest BCUT2D eigenvalue weighted by molar-refractivity contribution is -0.120. The van der Waals surface area contributed by atoms with Crippen LogP contribution in [0.1, 0.15) is 36.6 Å². The van der Waals surface area contributed by atoms with Crippen LogP contribution in [0.15, 0.2) is 24.3 Å². The van der Waals surface area contributed by atoms with Gasteiger partial charge in [0.15, 0.2) is 0 Å². The van der Waals surface area contributed by atoms with Crippen molar-refractivity contribution in [3.63, 3.8) is 0 Å². The minimum absolute atomic E-state index is 0.0842. The molecule has 0 spiro atoms. The van der Waals surface area contributed by atoms with Crippen molar-refractivity contribution >= 4 is 21.7 Å². The van der Waals surface area contributed by atoms with Crippen molar-refractivity contribution in [3.8, 4) is 5.69 Å². The first-order chi connectivity index (χ1) is 13.2. The third-order valence-electron chi connectivity index (χ3n) is 5.12. The molecule has 1 aliphatic heterocycles. The van der Waals surface area contributed by atoms with E-state index < -0.39 is 10.0 Å². The Labute approximate surface area is 166 Å². The van der Waals surface area contributed by atoms with Crippen molar-refractivity contribution in [1.29, 1.82) is 0 Å². The summed E-state index contributed by atoms with van der Waals surface area (Å²) in [7, 11) is -3.19. The van der Waals surface area contributed by atoms with Gasteiger partial charge in [0.05, 0.1) is 17.1 Å². The molecule has 1 aromatic carbocycles. The van der Waals surface area contributed by atoms with Crippen LogP contribution in [-0.4, -0.2) is 47.3 Å². The van der Waals surface area contributed by atoms with E-state index in [0.29, 0.717) is 31.7 Å². The SMILES string of the molecule is CCS(=O)(=O)N1CCC(C(=O)Nc2cc(C)nn2-c2cc(C)cc(C)c2)CC1. The lowest BCUT2D eigenvalue weighted by Gasteiger charge is -2.30. The average Bonchev–Trinajstić information content (AvgIpc) is 3.01. The third kappa shape index (κ3) is 4.44. The highest BCUT2D eigenvalue weighted by molar-refractivity contribution is 7.89. The molecule has 2 heterocycles. The molecular weight excluding hydrogens is 376 g/mol. The molecule has 7 nitrogen and oxygen atoms in total. The van der Waals surface area contributed by atoms with Crippen LogP contribution in [0.3, 0.4) is 0 Å². The van der Waals surface area contributed by atoms with Gasteiger partial charge in [-0.3, -0.25) is 4.79 Å². The number of piperidine rings is 1. The number of hydrogen-bond donors (Lipinski definition) is 1. The first kappa shape index (κ1) is 20.5. The van der Waals surface area contributed by atoms with Crippen LogP contribution >= 0.6 is 0 Å². The van der Waals surface area contributed by atoms with Gasteiger partial charge in [0.25, 0.3) is 0 Å². The summed E-state index contributed by atoms with van der Waals surface area (Å²) in [4.78, 5) is 12.8. The fraction of sp³-hybridized carbons (Fsp3) is 0.500. The molecule has 0 aliphatic carbocycles. The fourth-order valence-corrected chi connectivity index (χ4v) is 4.80. The zero-order valence-corrected chi connectivity index (χ0v) is 17.7. The highest BCUT2D eigenvalue weighted by Crippen LogP contribution is 2.24. The topological polar surface area (TPSA) is 84.3 Å². The maximum Gasteiger partial charge on any atom is 0.228 e. The van der Waals surface area contributed by atoms with E-state index in [1.165, 1.54) is 4.31 Å². The Morgan fingerprint density at radius 3 is 2.29 bits per heavy atom. The standard InChI is InChI=1S/C20H28N4O3S/c1-5-28(26,27)23-8-6-17(7-9-23)20(25)21-19-13-16(4)22-24(19)18-11-14(2)10-15(3)12-18/h10-13,17H,5-9H2,1-4H3,(H,21,25). The number of rotatable bonds is 5. The Bertz CT molecular complexity index is 953. The number of hydrogen-bond acceptors (Lipinski definition) is 4. The van der Waals surface area contributed by atoms with Crippen LogP contribution in [0.4, 0.5) is 5.82 Å². The van der Waals surface area contributed by atoms with Crippen molar-refractivity contribution in [3.05, 3.63) is 41.1 Å². The Hall–Kier alpha value is -2.19. The number of amides is 1. The molecule has 1 fully saturated rings. The molecule has 0 unspecified atom stereocenters. The summed E-state index contributed by atoms with van der Waals surface area (Å²) in [5, 5.41) is 7.53. The third-order valence-corrected chi connectivity index (χ3v) is 7.00. The minimum Gasteiger partial charge on any atom is -0.310 e. The van der Waals surface area contributed by atoms with E-state index in [2.05, 4.69) is 16.5 Å². The van der Waals surface area contributed by atoms with E-state index in [-0.39, 0.29) is 17.6 Å². The van der Waals surface area contributed by atoms with Crippen LogP contribution < -0.4 is 5.32 Å². The molecule has 1 aliphatic rings. The monoisotopic (exact) mass is 404 g/mol. The van der Waals surface area contributed by atoms with Gasteiger partial charge in [-0.2, -0.15) is 5.10 Å². The normalized spacial score (nSPS) is 16.3. The molecule has 0 radical (unpaired) electrons. The van der Waals surface area contributed by atoms with E-state index in [1.807, 2.05) is 39.0 Å². The van der Waals surface area contributed by atoms with Crippen molar-refractivity contribution in [2.24, 2.45) is 5.92 Å². The van der Waals surface area contributed by atoms with Gasteiger partial charge in [-0.15, -0.1) is 0 Å². The van der Waals surface area contributed by atoms with Crippen LogP contribution in [0.25, 0.3) is 5.69 Å². The second-order valence-corrected chi connectivity index (χ2v) is 9.75. The maximum absolute atomic E-state index is 12.8. The number of nitrogens with one attached hydrogen (secondary N) is 1. The maximum atomic E-state index is 12.8. The van der Waals surface area contributed by atoms with Gasteiger partial charge >= 0.3 is 0 Å². The molecule has 2 aromatic rings. The smallest absolute Gasteiger partial charge is 0.228 e. The number of nitrogens with zero attached hydrogens (tertiary/aromatic N) is 3. The molecule has 0 saturated carbocycles. The lowest BCUT2D eigenvalue weighted by atomic mass is 9.97. The van der Waals surface area contributed by atoms with Crippen LogP contribution in [0.5, 0.6) is 0 Å². The second kappa shape index (κ2) is 8.05. The Kier molecular flexibility index (Phi) is 5.90. The molecule has 1 N–H and O–H groups in total. The van der Waals surface area contributed by atoms with Crippen molar-refractivity contribution in [2.45, 2.75) is 40.5 Å². The molecule has 1 aromatic heterocycles. The first-order valence-corrected chi connectivity index (χ1v) is 11.2. The average molecular weight is 405 g/mol. The second-order valence-electron chi connectivity index (χ2n) is 7.49. The number of aromatic nitrogens is 2. The summed E-state index contributed by atoms with van der Waals surface area (Å²) in [6.07, 6.45) is 1.06. The van der Waals surface area contributed by atoms with E-state index >= 15 is 0 Å². The summed E-state index contributed by atoms with van der Waals surface area (Å²) >= 11 is 0. The Morgan fingerprint density at radius 2 is 1.71 bits per heavy atom. The van der Waals surface area contributed by atoms with Crippen LogP contribution in [0.2, 0.25) is 0 Å². The highest BCUT2D eigenvalue weighted by atomic mass is 32.2. The first-order valence-electron chi connectivity index (χ1n) is 9.63. The lowest BCUT2D eigenvalue weighted by Crippen LogP contribution is -2.42. The summed E-state index contributed by atoms with van der Waals surface area (Å²) in [6, 6.07) is 8.01. The van der Waals surface area contributed by atoms with Crippen molar-refractivity contribution < 1.29 is 13.2 Å². The van der Waals surface area contributed by atoms with E-state index in [4.69, 9.17) is 0 Å². The summed E-state index contributed by atoms with van der Waals surface area (Å²) in [5.74, 6) is 0.444.